The van der Waals surface area contributed by atoms with Gasteiger partial charge in [0.25, 0.3) is 0 Å². The van der Waals surface area contributed by atoms with Gasteiger partial charge >= 0.3 is 0 Å². The van der Waals surface area contributed by atoms with E-state index in [4.69, 9.17) is 4.74 Å². The van der Waals surface area contributed by atoms with Crippen LogP contribution >= 0.6 is 0 Å². The molecule has 4 heteroatoms. The van der Waals surface area contributed by atoms with Crippen LogP contribution in [0.25, 0.3) is 0 Å². The predicted molar refractivity (Wildman–Crippen MR) is 96.2 cm³/mol. The molecule has 0 aromatic heterocycles. The first-order valence-electron chi connectivity index (χ1n) is 8.87. The number of ether oxygens (including phenoxy) is 1. The van der Waals surface area contributed by atoms with Gasteiger partial charge in [0.1, 0.15) is 5.75 Å². The first kappa shape index (κ1) is 18.8. The SMILES string of the molecule is COc1ccc([C@@H](CO)CN2CC[C@@H](C(C)(C)C)CCC2=O)cc1. The number of methoxy groups -OCH3 is 1. The van der Waals surface area contributed by atoms with Crippen LogP contribution < -0.4 is 4.74 Å². The second kappa shape index (κ2) is 8.02. The third kappa shape index (κ3) is 4.73. The molecule has 1 aliphatic rings. The molecule has 1 saturated heterocycles. The molecule has 1 aliphatic heterocycles. The molecule has 1 heterocycles. The zero-order chi connectivity index (χ0) is 17.7. The summed E-state index contributed by atoms with van der Waals surface area (Å²) in [6, 6.07) is 7.75. The molecule has 2 atom stereocenters. The van der Waals surface area contributed by atoms with Crippen molar-refractivity contribution >= 4 is 5.91 Å². The van der Waals surface area contributed by atoms with Crippen molar-refractivity contribution in [3.63, 3.8) is 0 Å². The van der Waals surface area contributed by atoms with Crippen molar-refractivity contribution in [1.29, 1.82) is 0 Å². The summed E-state index contributed by atoms with van der Waals surface area (Å²) in [7, 11) is 1.64. The predicted octanol–water partition coefficient (Wildman–Crippen LogP) is 3.45. The molecule has 1 aromatic carbocycles. The van der Waals surface area contributed by atoms with E-state index >= 15 is 0 Å². The first-order chi connectivity index (χ1) is 11.3. The third-order valence-corrected chi connectivity index (χ3v) is 5.28. The molecule has 0 spiro atoms. The molecular formula is C20H31NO3. The number of hydrogen-bond acceptors (Lipinski definition) is 3. The van der Waals surface area contributed by atoms with Gasteiger partial charge in [-0.25, -0.2) is 0 Å². The van der Waals surface area contributed by atoms with Gasteiger partial charge in [-0.3, -0.25) is 4.79 Å². The van der Waals surface area contributed by atoms with E-state index in [9.17, 15) is 9.90 Å². The summed E-state index contributed by atoms with van der Waals surface area (Å²) in [4.78, 5) is 14.4. The molecule has 0 saturated carbocycles. The smallest absolute Gasteiger partial charge is 0.222 e. The molecule has 134 valence electrons. The van der Waals surface area contributed by atoms with Crippen LogP contribution in [0.15, 0.2) is 24.3 Å². The molecule has 0 bridgehead atoms. The Kier molecular flexibility index (Phi) is 6.27. The number of carbonyl (C=O) groups is 1. The zero-order valence-corrected chi connectivity index (χ0v) is 15.4. The first-order valence-corrected chi connectivity index (χ1v) is 8.87. The highest BCUT2D eigenvalue weighted by Crippen LogP contribution is 2.35. The lowest BCUT2D eigenvalue weighted by atomic mass is 9.77. The summed E-state index contributed by atoms with van der Waals surface area (Å²) in [5.74, 6) is 1.54. The van der Waals surface area contributed by atoms with E-state index in [0.29, 0.717) is 18.9 Å². The van der Waals surface area contributed by atoms with Crippen molar-refractivity contribution < 1.29 is 14.6 Å². The quantitative estimate of drug-likeness (QED) is 0.898. The lowest BCUT2D eigenvalue weighted by Gasteiger charge is -2.30. The van der Waals surface area contributed by atoms with Crippen LogP contribution in [0, 0.1) is 11.3 Å². The maximum absolute atomic E-state index is 12.5. The monoisotopic (exact) mass is 333 g/mol. The average Bonchev–Trinajstić information content (AvgIpc) is 2.74. The minimum absolute atomic E-state index is 0.0405. The highest BCUT2D eigenvalue weighted by molar-refractivity contribution is 5.76. The number of benzene rings is 1. The van der Waals surface area contributed by atoms with E-state index < -0.39 is 0 Å². The van der Waals surface area contributed by atoms with E-state index in [2.05, 4.69) is 20.8 Å². The Morgan fingerprint density at radius 1 is 1.25 bits per heavy atom. The summed E-state index contributed by atoms with van der Waals surface area (Å²) >= 11 is 0. The van der Waals surface area contributed by atoms with E-state index in [1.807, 2.05) is 29.2 Å². The molecule has 1 aromatic rings. The van der Waals surface area contributed by atoms with Crippen LogP contribution in [0.5, 0.6) is 5.75 Å². The molecule has 1 amide bonds. The zero-order valence-electron chi connectivity index (χ0n) is 15.4. The van der Waals surface area contributed by atoms with E-state index in [1.165, 1.54) is 0 Å². The van der Waals surface area contributed by atoms with Crippen molar-refractivity contribution in [2.45, 2.75) is 46.0 Å². The molecular weight excluding hydrogens is 302 g/mol. The highest BCUT2D eigenvalue weighted by Gasteiger charge is 2.30. The van der Waals surface area contributed by atoms with Crippen LogP contribution in [0.2, 0.25) is 0 Å². The Morgan fingerprint density at radius 3 is 2.46 bits per heavy atom. The molecule has 1 N–H and O–H groups in total. The summed E-state index contributed by atoms with van der Waals surface area (Å²) in [6.07, 6.45) is 2.61. The van der Waals surface area contributed by atoms with Gasteiger partial charge in [0, 0.05) is 25.4 Å². The normalized spacial score (nSPS) is 20.6. The molecule has 0 aliphatic carbocycles. The number of amides is 1. The van der Waals surface area contributed by atoms with E-state index in [-0.39, 0.29) is 23.8 Å². The Balaban J connectivity index is 2.05. The molecule has 2 rings (SSSR count). The lowest BCUT2D eigenvalue weighted by molar-refractivity contribution is -0.131. The Bertz CT molecular complexity index is 533. The molecule has 1 fully saturated rings. The Hall–Kier alpha value is -1.55. The maximum Gasteiger partial charge on any atom is 0.222 e. The van der Waals surface area contributed by atoms with Crippen molar-refractivity contribution in [1.82, 2.24) is 4.90 Å². The Morgan fingerprint density at radius 2 is 1.92 bits per heavy atom. The van der Waals surface area contributed by atoms with Gasteiger partial charge in [-0.05, 0) is 41.9 Å². The fourth-order valence-electron chi connectivity index (χ4n) is 3.51. The number of aliphatic hydroxyl groups excluding tert-OH is 1. The van der Waals surface area contributed by atoms with Gasteiger partial charge in [-0.2, -0.15) is 0 Å². The minimum atomic E-state index is -0.0500. The number of likely N-dealkylation sites (tertiary alicyclic amines) is 1. The van der Waals surface area contributed by atoms with Gasteiger partial charge in [0.15, 0.2) is 0 Å². The van der Waals surface area contributed by atoms with Crippen LogP contribution in [-0.4, -0.2) is 42.7 Å². The second-order valence-corrected chi connectivity index (χ2v) is 7.88. The number of carbonyl (C=O) groups excluding carboxylic acids is 1. The van der Waals surface area contributed by atoms with Crippen molar-refractivity contribution in [2.75, 3.05) is 26.8 Å². The third-order valence-electron chi connectivity index (χ3n) is 5.28. The molecule has 0 unspecified atom stereocenters. The van der Waals surface area contributed by atoms with Gasteiger partial charge in [-0.15, -0.1) is 0 Å². The number of aliphatic hydroxyl groups is 1. The van der Waals surface area contributed by atoms with Gasteiger partial charge in [0.2, 0.25) is 5.91 Å². The minimum Gasteiger partial charge on any atom is -0.497 e. The van der Waals surface area contributed by atoms with Crippen molar-refractivity contribution in [3.05, 3.63) is 29.8 Å². The molecule has 4 nitrogen and oxygen atoms in total. The van der Waals surface area contributed by atoms with Gasteiger partial charge < -0.3 is 14.7 Å². The summed E-state index contributed by atoms with van der Waals surface area (Å²) in [5.41, 5.74) is 1.28. The van der Waals surface area contributed by atoms with Crippen LogP contribution in [0.1, 0.15) is 51.5 Å². The number of rotatable bonds is 5. The van der Waals surface area contributed by atoms with Crippen molar-refractivity contribution in [2.24, 2.45) is 11.3 Å². The summed E-state index contributed by atoms with van der Waals surface area (Å²) < 4.78 is 5.18. The topological polar surface area (TPSA) is 49.8 Å². The standard InChI is InChI=1S/C20H31NO3/c1-20(2,3)17-7-10-19(23)21(12-11-17)13-16(14-22)15-5-8-18(24-4)9-6-15/h5-6,8-9,16-17,22H,7,10-14H2,1-4H3/t16-,17+/m1/s1. The Labute approximate surface area is 145 Å². The lowest BCUT2D eigenvalue weighted by Crippen LogP contribution is -2.35. The van der Waals surface area contributed by atoms with Crippen LogP contribution in [-0.2, 0) is 4.79 Å². The van der Waals surface area contributed by atoms with Gasteiger partial charge in [0.05, 0.1) is 13.7 Å². The largest absolute Gasteiger partial charge is 0.497 e. The second-order valence-electron chi connectivity index (χ2n) is 7.88. The van der Waals surface area contributed by atoms with Crippen molar-refractivity contribution in [3.8, 4) is 5.75 Å². The summed E-state index contributed by atoms with van der Waals surface area (Å²) in [6.45, 7) is 8.17. The van der Waals surface area contributed by atoms with Crippen LogP contribution in [0.3, 0.4) is 0 Å². The molecule has 0 radical (unpaired) electrons. The van der Waals surface area contributed by atoms with E-state index in [0.717, 1.165) is 30.7 Å². The number of nitrogens with zero attached hydrogens (tertiary/aromatic N) is 1. The summed E-state index contributed by atoms with van der Waals surface area (Å²) in [5, 5.41) is 9.81. The van der Waals surface area contributed by atoms with E-state index in [1.54, 1.807) is 7.11 Å². The number of hydrogen-bond donors (Lipinski definition) is 1. The fraction of sp³-hybridized carbons (Fsp3) is 0.650. The average molecular weight is 333 g/mol. The maximum atomic E-state index is 12.5. The fourth-order valence-corrected chi connectivity index (χ4v) is 3.51. The molecule has 24 heavy (non-hydrogen) atoms. The van der Waals surface area contributed by atoms with Crippen LogP contribution in [0.4, 0.5) is 0 Å². The van der Waals surface area contributed by atoms with Gasteiger partial charge in [-0.1, -0.05) is 32.9 Å². The highest BCUT2D eigenvalue weighted by atomic mass is 16.5.